The molecule has 5 rings (SSSR count). The molecule has 1 saturated heterocycles. The third-order valence-corrected chi connectivity index (χ3v) is 6.91. The topological polar surface area (TPSA) is 56.0 Å². The minimum absolute atomic E-state index is 0.000996. The maximum Gasteiger partial charge on any atom is 0.256 e. The van der Waals surface area contributed by atoms with E-state index in [0.29, 0.717) is 5.02 Å². The van der Waals surface area contributed by atoms with E-state index >= 15 is 0 Å². The lowest BCUT2D eigenvalue weighted by molar-refractivity contribution is 0.0726. The standard InChI is InChI=1S/C24H28ClN5O/c1-16-14-20(17(2)30(16)19-9-6-8-18(25)15-19)24(31)28-13-7-10-21(28)23-27-26-22-11-4-3-5-12-29(22)23/h6,8-9,14-15,21H,3-5,7,10-13H2,1-2H3. The number of rotatable bonds is 3. The molecule has 1 aromatic carbocycles. The number of hydrogen-bond acceptors (Lipinski definition) is 3. The van der Waals surface area contributed by atoms with Gasteiger partial charge in [0.1, 0.15) is 5.82 Å². The molecule has 0 aliphatic carbocycles. The van der Waals surface area contributed by atoms with Gasteiger partial charge < -0.3 is 14.0 Å². The summed E-state index contributed by atoms with van der Waals surface area (Å²) < 4.78 is 4.38. The normalized spacial score (nSPS) is 18.8. The monoisotopic (exact) mass is 437 g/mol. The van der Waals surface area contributed by atoms with Crippen LogP contribution in [-0.4, -0.2) is 36.7 Å². The molecule has 0 spiro atoms. The second-order valence-corrected chi connectivity index (χ2v) is 9.13. The van der Waals surface area contributed by atoms with Crippen LogP contribution in [0.25, 0.3) is 5.69 Å². The minimum atomic E-state index is 0.000996. The molecular formula is C24H28ClN5O. The van der Waals surface area contributed by atoms with Crippen molar-refractivity contribution >= 4 is 17.5 Å². The highest BCUT2D eigenvalue weighted by atomic mass is 35.5. The second-order valence-electron chi connectivity index (χ2n) is 8.69. The highest BCUT2D eigenvalue weighted by Gasteiger charge is 2.36. The Balaban J connectivity index is 1.48. The molecule has 2 aliphatic rings. The summed E-state index contributed by atoms with van der Waals surface area (Å²) in [6.45, 7) is 5.76. The molecule has 31 heavy (non-hydrogen) atoms. The summed E-state index contributed by atoms with van der Waals surface area (Å²) in [5, 5.41) is 9.70. The molecule has 0 radical (unpaired) electrons. The number of halogens is 1. The average Bonchev–Trinajstić information content (AvgIpc) is 3.41. The van der Waals surface area contributed by atoms with Crippen LogP contribution in [0.2, 0.25) is 5.02 Å². The van der Waals surface area contributed by atoms with Crippen LogP contribution in [0.3, 0.4) is 0 Å². The quantitative estimate of drug-likeness (QED) is 0.576. The van der Waals surface area contributed by atoms with Crippen molar-refractivity contribution in [3.63, 3.8) is 0 Å². The van der Waals surface area contributed by atoms with Gasteiger partial charge in [0.05, 0.1) is 11.6 Å². The summed E-state index contributed by atoms with van der Waals surface area (Å²) in [6, 6.07) is 9.75. The van der Waals surface area contributed by atoms with E-state index in [1.165, 1.54) is 12.8 Å². The fraction of sp³-hybridized carbons (Fsp3) is 0.458. The number of amides is 1. The van der Waals surface area contributed by atoms with E-state index in [2.05, 4.69) is 19.3 Å². The Hall–Kier alpha value is -2.60. The molecule has 1 atom stereocenters. The van der Waals surface area contributed by atoms with Crippen LogP contribution >= 0.6 is 11.6 Å². The lowest BCUT2D eigenvalue weighted by Crippen LogP contribution is -2.32. The number of aromatic nitrogens is 4. The third-order valence-electron chi connectivity index (χ3n) is 6.68. The van der Waals surface area contributed by atoms with Crippen LogP contribution in [0.1, 0.15) is 71.5 Å². The van der Waals surface area contributed by atoms with Crippen LogP contribution in [0.4, 0.5) is 0 Å². The van der Waals surface area contributed by atoms with Crippen LogP contribution < -0.4 is 0 Å². The van der Waals surface area contributed by atoms with Gasteiger partial charge >= 0.3 is 0 Å². The first-order chi connectivity index (χ1) is 15.0. The zero-order valence-electron chi connectivity index (χ0n) is 18.1. The molecule has 4 heterocycles. The molecule has 0 N–H and O–H groups in total. The molecule has 1 unspecified atom stereocenters. The van der Waals surface area contributed by atoms with Crippen molar-refractivity contribution in [2.45, 2.75) is 65.0 Å². The van der Waals surface area contributed by atoms with Gasteiger partial charge in [-0.25, -0.2) is 0 Å². The Kier molecular flexibility index (Phi) is 5.34. The smallest absolute Gasteiger partial charge is 0.256 e. The van der Waals surface area contributed by atoms with Crippen molar-refractivity contribution in [3.8, 4) is 5.69 Å². The molecule has 162 valence electrons. The number of carbonyl (C=O) groups excluding carboxylic acids is 1. The van der Waals surface area contributed by atoms with Gasteiger partial charge in [-0.2, -0.15) is 0 Å². The van der Waals surface area contributed by atoms with E-state index < -0.39 is 0 Å². The maximum absolute atomic E-state index is 13.7. The average molecular weight is 438 g/mol. The number of nitrogens with zero attached hydrogens (tertiary/aromatic N) is 5. The molecule has 0 saturated carbocycles. The molecule has 6 nitrogen and oxygen atoms in total. The van der Waals surface area contributed by atoms with E-state index in [0.717, 1.165) is 73.1 Å². The van der Waals surface area contributed by atoms with E-state index in [-0.39, 0.29) is 11.9 Å². The number of hydrogen-bond donors (Lipinski definition) is 0. The Morgan fingerprint density at radius 1 is 1.06 bits per heavy atom. The first-order valence-electron chi connectivity index (χ1n) is 11.2. The van der Waals surface area contributed by atoms with E-state index in [1.54, 1.807) is 0 Å². The molecular weight excluding hydrogens is 410 g/mol. The zero-order valence-corrected chi connectivity index (χ0v) is 18.9. The van der Waals surface area contributed by atoms with Crippen molar-refractivity contribution in [2.75, 3.05) is 6.54 Å². The number of likely N-dealkylation sites (tertiary alicyclic amines) is 1. The Morgan fingerprint density at radius 3 is 2.77 bits per heavy atom. The number of fused-ring (bicyclic) bond motifs is 1. The van der Waals surface area contributed by atoms with Gasteiger partial charge in [0, 0.05) is 41.6 Å². The van der Waals surface area contributed by atoms with E-state index in [9.17, 15) is 4.79 Å². The summed E-state index contributed by atoms with van der Waals surface area (Å²) >= 11 is 6.21. The highest BCUT2D eigenvalue weighted by Crippen LogP contribution is 2.35. The predicted molar refractivity (Wildman–Crippen MR) is 121 cm³/mol. The van der Waals surface area contributed by atoms with Gasteiger partial charge in [-0.15, -0.1) is 10.2 Å². The van der Waals surface area contributed by atoms with E-state index in [4.69, 9.17) is 11.6 Å². The molecule has 0 bridgehead atoms. The summed E-state index contributed by atoms with van der Waals surface area (Å²) in [7, 11) is 0. The van der Waals surface area contributed by atoms with Gasteiger partial charge in [-0.05, 0) is 63.8 Å². The van der Waals surface area contributed by atoms with Crippen LogP contribution in [-0.2, 0) is 13.0 Å². The highest BCUT2D eigenvalue weighted by molar-refractivity contribution is 6.30. The molecule has 1 amide bonds. The summed E-state index contributed by atoms with van der Waals surface area (Å²) in [4.78, 5) is 15.7. The molecule has 2 aromatic heterocycles. The first kappa shape index (κ1) is 20.3. The Morgan fingerprint density at radius 2 is 1.94 bits per heavy atom. The molecule has 7 heteroatoms. The molecule has 1 fully saturated rings. The van der Waals surface area contributed by atoms with Crippen LogP contribution in [0.15, 0.2) is 30.3 Å². The van der Waals surface area contributed by atoms with Crippen molar-refractivity contribution in [2.24, 2.45) is 0 Å². The van der Waals surface area contributed by atoms with Crippen LogP contribution in [0, 0.1) is 13.8 Å². The van der Waals surface area contributed by atoms with Gasteiger partial charge in [0.15, 0.2) is 5.82 Å². The lowest BCUT2D eigenvalue weighted by atomic mass is 10.1. The Labute approximate surface area is 187 Å². The van der Waals surface area contributed by atoms with Gasteiger partial charge in [0.25, 0.3) is 5.91 Å². The van der Waals surface area contributed by atoms with Crippen molar-refractivity contribution in [3.05, 3.63) is 64.0 Å². The first-order valence-corrected chi connectivity index (χ1v) is 11.6. The second kappa shape index (κ2) is 8.15. The number of carbonyl (C=O) groups is 1. The maximum atomic E-state index is 13.7. The summed E-state index contributed by atoms with van der Waals surface area (Å²) in [5.41, 5.74) is 3.69. The lowest BCUT2D eigenvalue weighted by Gasteiger charge is -2.25. The van der Waals surface area contributed by atoms with Crippen molar-refractivity contribution < 1.29 is 4.79 Å². The summed E-state index contributed by atoms with van der Waals surface area (Å²) in [6.07, 6.45) is 6.46. The molecule has 3 aromatic rings. The predicted octanol–water partition coefficient (Wildman–Crippen LogP) is 5.04. The van der Waals surface area contributed by atoms with Crippen molar-refractivity contribution in [1.29, 1.82) is 0 Å². The zero-order chi connectivity index (χ0) is 21.5. The van der Waals surface area contributed by atoms with E-state index in [1.807, 2.05) is 49.1 Å². The van der Waals surface area contributed by atoms with Gasteiger partial charge in [-0.3, -0.25) is 4.79 Å². The van der Waals surface area contributed by atoms with Crippen LogP contribution in [0.5, 0.6) is 0 Å². The number of benzene rings is 1. The molecule has 2 aliphatic heterocycles. The third kappa shape index (κ3) is 3.57. The van der Waals surface area contributed by atoms with Gasteiger partial charge in [0.2, 0.25) is 0 Å². The van der Waals surface area contributed by atoms with Crippen molar-refractivity contribution in [1.82, 2.24) is 24.2 Å². The minimum Gasteiger partial charge on any atom is -0.328 e. The Bertz CT molecular complexity index is 1130. The largest absolute Gasteiger partial charge is 0.328 e. The SMILES string of the molecule is Cc1cc(C(=O)N2CCCC2c2nnc3n2CCCCC3)c(C)n1-c1cccc(Cl)c1. The fourth-order valence-electron chi connectivity index (χ4n) is 5.18. The van der Waals surface area contributed by atoms with Gasteiger partial charge in [-0.1, -0.05) is 24.1 Å². The fourth-order valence-corrected chi connectivity index (χ4v) is 5.36. The number of aryl methyl sites for hydroxylation is 2. The summed E-state index contributed by atoms with van der Waals surface area (Å²) in [5.74, 6) is 2.12.